The minimum absolute atomic E-state index is 0.0181. The van der Waals surface area contributed by atoms with Crippen molar-refractivity contribution in [3.8, 4) is 0 Å². The first kappa shape index (κ1) is 34.0. The van der Waals surface area contributed by atoms with E-state index in [1.165, 1.54) is 6.92 Å². The third kappa shape index (κ3) is 14.2. The Morgan fingerprint density at radius 1 is 1.05 bits per heavy atom. The Morgan fingerprint density at radius 3 is 2.29 bits per heavy atom. The molecule has 0 radical (unpaired) electrons. The molecule has 11 heteroatoms. The molecule has 0 aromatic carbocycles. The maximum absolute atomic E-state index is 12.8. The Balaban J connectivity index is 2.44. The lowest BCUT2D eigenvalue weighted by atomic mass is 10.2. The number of likely N-dealkylation sites (N-methyl/N-ethyl adjacent to an activating group) is 1. The molecule has 1 N–H and O–H groups in total. The summed E-state index contributed by atoms with van der Waals surface area (Å²) in [7, 11) is 0. The number of rotatable bonds is 14. The van der Waals surface area contributed by atoms with Crippen LogP contribution in [0.5, 0.6) is 0 Å². The fourth-order valence-electron chi connectivity index (χ4n) is 4.37. The second-order valence-corrected chi connectivity index (χ2v) is 9.62. The lowest BCUT2D eigenvalue weighted by molar-refractivity contribution is -0.131. The molecule has 0 aromatic heterocycles. The molecule has 0 spiro atoms. The summed E-state index contributed by atoms with van der Waals surface area (Å²) in [6.45, 7) is 12.3. The molecule has 1 fully saturated rings. The second-order valence-electron chi connectivity index (χ2n) is 9.62. The van der Waals surface area contributed by atoms with Gasteiger partial charge in [-0.25, -0.2) is 0 Å². The van der Waals surface area contributed by atoms with Crippen molar-refractivity contribution >= 4 is 5.91 Å². The topological polar surface area (TPSA) is 38.8 Å². The summed E-state index contributed by atoms with van der Waals surface area (Å²) in [4.78, 5) is 18.9. The van der Waals surface area contributed by atoms with Gasteiger partial charge in [0.2, 0.25) is 5.91 Å². The van der Waals surface area contributed by atoms with Crippen LogP contribution in [0, 0.1) is 0 Å². The van der Waals surface area contributed by atoms with Gasteiger partial charge >= 0.3 is 12.4 Å². The predicted molar refractivity (Wildman–Crippen MR) is 140 cm³/mol. The first-order chi connectivity index (χ1) is 17.8. The molecular formula is C27H44F6N4O. The Morgan fingerprint density at radius 2 is 1.71 bits per heavy atom. The average molecular weight is 555 g/mol. The SMILES string of the molecule is C/C=C(\C=C/CN1CCCN(CCCC(=O)N(CC)C[C@@H](C)N/C(=C/CC(F)(F)F)CC)CC1)C(F)(F)F. The number of allylic oxidation sites excluding steroid dienone is 5. The van der Waals surface area contributed by atoms with Crippen molar-refractivity contribution in [2.24, 2.45) is 0 Å². The summed E-state index contributed by atoms with van der Waals surface area (Å²) >= 11 is 0. The van der Waals surface area contributed by atoms with Gasteiger partial charge in [0, 0.05) is 50.9 Å². The normalized spacial score (nSPS) is 18.1. The first-order valence-electron chi connectivity index (χ1n) is 13.4. The van der Waals surface area contributed by atoms with Gasteiger partial charge in [-0.05, 0) is 59.7 Å². The highest BCUT2D eigenvalue weighted by atomic mass is 19.4. The van der Waals surface area contributed by atoms with E-state index in [-0.39, 0.29) is 11.9 Å². The van der Waals surface area contributed by atoms with E-state index >= 15 is 0 Å². The quantitative estimate of drug-likeness (QED) is 0.214. The van der Waals surface area contributed by atoms with E-state index in [0.717, 1.165) is 57.4 Å². The third-order valence-electron chi connectivity index (χ3n) is 6.47. The van der Waals surface area contributed by atoms with Gasteiger partial charge in [0.1, 0.15) is 0 Å². The van der Waals surface area contributed by atoms with Gasteiger partial charge in [0.15, 0.2) is 0 Å². The lowest BCUT2D eigenvalue weighted by Gasteiger charge is -2.27. The molecular weight excluding hydrogens is 510 g/mol. The molecule has 1 amide bonds. The average Bonchev–Trinajstić information content (AvgIpc) is 3.06. The molecule has 1 aliphatic rings. The molecule has 1 heterocycles. The zero-order valence-corrected chi connectivity index (χ0v) is 23.1. The van der Waals surface area contributed by atoms with Crippen LogP contribution in [0.4, 0.5) is 26.3 Å². The molecule has 38 heavy (non-hydrogen) atoms. The number of alkyl halides is 6. The Bertz CT molecular complexity index is 791. The Labute approximate surface area is 223 Å². The van der Waals surface area contributed by atoms with Crippen LogP contribution in [0.2, 0.25) is 0 Å². The number of carbonyl (C=O) groups is 1. The number of nitrogens with zero attached hydrogens (tertiary/aromatic N) is 3. The standard InChI is InChI=1S/C27H44F6N4O/c1-5-23(27(31,32)33)11-8-15-35-17-10-18-36(20-19-35)16-9-12-25(38)37(7-3)21-22(4)34-24(6-2)13-14-26(28,29)30/h5,8,11,13,22,34H,6-7,9-10,12,14-21H2,1-4H3/b11-8-,23-5+,24-13+/t22-/m1/s1. The van der Waals surface area contributed by atoms with Gasteiger partial charge in [-0.2, -0.15) is 26.3 Å². The van der Waals surface area contributed by atoms with Crippen LogP contribution in [-0.4, -0.2) is 91.4 Å². The number of halogens is 6. The van der Waals surface area contributed by atoms with Gasteiger partial charge in [-0.3, -0.25) is 9.69 Å². The predicted octanol–water partition coefficient (Wildman–Crippen LogP) is 5.91. The van der Waals surface area contributed by atoms with E-state index in [4.69, 9.17) is 0 Å². The molecule has 5 nitrogen and oxygen atoms in total. The lowest BCUT2D eigenvalue weighted by Crippen LogP contribution is -2.42. The number of nitrogens with one attached hydrogen (secondary N) is 1. The number of hydrogen-bond acceptors (Lipinski definition) is 4. The van der Waals surface area contributed by atoms with Crippen molar-refractivity contribution in [1.29, 1.82) is 0 Å². The third-order valence-corrected chi connectivity index (χ3v) is 6.47. The Kier molecular flexibility index (Phi) is 15.1. The molecule has 1 atom stereocenters. The van der Waals surface area contributed by atoms with Gasteiger partial charge in [0.25, 0.3) is 0 Å². The van der Waals surface area contributed by atoms with Crippen LogP contribution in [0.1, 0.15) is 59.8 Å². The van der Waals surface area contributed by atoms with E-state index in [0.29, 0.717) is 44.6 Å². The summed E-state index contributed by atoms with van der Waals surface area (Å²) in [5.41, 5.74) is -0.125. The van der Waals surface area contributed by atoms with Gasteiger partial charge in [-0.15, -0.1) is 0 Å². The van der Waals surface area contributed by atoms with Crippen LogP contribution in [-0.2, 0) is 4.79 Å². The molecule has 220 valence electrons. The largest absolute Gasteiger partial charge is 0.416 e. The molecule has 0 unspecified atom stereocenters. The van der Waals surface area contributed by atoms with Crippen LogP contribution in [0.25, 0.3) is 0 Å². The van der Waals surface area contributed by atoms with E-state index in [1.54, 1.807) is 17.9 Å². The van der Waals surface area contributed by atoms with Gasteiger partial charge < -0.3 is 15.1 Å². The molecule has 0 aliphatic carbocycles. The summed E-state index contributed by atoms with van der Waals surface area (Å²) in [5.74, 6) is 0.0181. The van der Waals surface area contributed by atoms with E-state index in [9.17, 15) is 31.1 Å². The second kappa shape index (κ2) is 16.8. The highest BCUT2D eigenvalue weighted by Crippen LogP contribution is 2.26. The number of hydrogen-bond donors (Lipinski definition) is 1. The highest BCUT2D eigenvalue weighted by molar-refractivity contribution is 5.76. The zero-order valence-electron chi connectivity index (χ0n) is 23.1. The smallest absolute Gasteiger partial charge is 0.384 e. The zero-order chi connectivity index (χ0) is 28.8. The Hall–Kier alpha value is -2.01. The summed E-state index contributed by atoms with van der Waals surface area (Å²) in [6.07, 6.45) is -2.21. The van der Waals surface area contributed by atoms with Crippen molar-refractivity contribution in [2.75, 3.05) is 52.4 Å². The van der Waals surface area contributed by atoms with Crippen molar-refractivity contribution in [2.45, 2.75) is 78.2 Å². The molecule has 0 saturated carbocycles. The maximum Gasteiger partial charge on any atom is 0.416 e. The molecule has 0 aromatic rings. The summed E-state index contributed by atoms with van der Waals surface area (Å²) in [5, 5.41) is 3.10. The monoisotopic (exact) mass is 554 g/mol. The van der Waals surface area contributed by atoms with Gasteiger partial charge in [-0.1, -0.05) is 31.2 Å². The summed E-state index contributed by atoms with van der Waals surface area (Å²) in [6, 6.07) is -0.177. The maximum atomic E-state index is 12.8. The molecule has 0 bridgehead atoms. The van der Waals surface area contributed by atoms with Gasteiger partial charge in [0.05, 0.1) is 12.0 Å². The van der Waals surface area contributed by atoms with Crippen molar-refractivity contribution < 1.29 is 31.1 Å². The number of amides is 1. The fourth-order valence-corrected chi connectivity index (χ4v) is 4.37. The highest BCUT2D eigenvalue weighted by Gasteiger charge is 2.30. The summed E-state index contributed by atoms with van der Waals surface area (Å²) < 4.78 is 76.0. The molecule has 1 rings (SSSR count). The van der Waals surface area contributed by atoms with Crippen LogP contribution in [0.3, 0.4) is 0 Å². The van der Waals surface area contributed by atoms with Crippen LogP contribution >= 0.6 is 0 Å². The van der Waals surface area contributed by atoms with E-state index < -0.39 is 24.3 Å². The minimum atomic E-state index is -4.34. The van der Waals surface area contributed by atoms with Crippen molar-refractivity contribution in [1.82, 2.24) is 20.0 Å². The first-order valence-corrected chi connectivity index (χ1v) is 13.4. The van der Waals surface area contributed by atoms with Crippen LogP contribution < -0.4 is 5.32 Å². The fraction of sp³-hybridized carbons (Fsp3) is 0.741. The molecule has 1 saturated heterocycles. The van der Waals surface area contributed by atoms with E-state index in [2.05, 4.69) is 15.1 Å². The van der Waals surface area contributed by atoms with Crippen molar-refractivity contribution in [3.05, 3.63) is 35.6 Å². The van der Waals surface area contributed by atoms with Crippen molar-refractivity contribution in [3.63, 3.8) is 0 Å². The van der Waals surface area contributed by atoms with E-state index in [1.807, 2.05) is 13.8 Å². The number of carbonyl (C=O) groups excluding carboxylic acids is 1. The molecule has 1 aliphatic heterocycles. The minimum Gasteiger partial charge on any atom is -0.384 e. The van der Waals surface area contributed by atoms with Crippen LogP contribution in [0.15, 0.2) is 35.6 Å².